The van der Waals surface area contributed by atoms with Crippen molar-refractivity contribution in [2.75, 3.05) is 0 Å². The minimum Gasteiger partial charge on any atom is -0.349 e. The van der Waals surface area contributed by atoms with Crippen LogP contribution in [-0.2, 0) is 17.8 Å². The van der Waals surface area contributed by atoms with Gasteiger partial charge in [0.1, 0.15) is 12.2 Å². The van der Waals surface area contributed by atoms with Gasteiger partial charge in [-0.1, -0.05) is 12.1 Å². The van der Waals surface area contributed by atoms with E-state index in [-0.39, 0.29) is 24.6 Å². The number of nitro groups is 1. The first kappa shape index (κ1) is 12.7. The Morgan fingerprint density at radius 3 is 2.68 bits per heavy atom. The number of carbonyl (C=O) groups excluding carboxylic acids is 1. The molecule has 0 aliphatic heterocycles. The molecular formula is C11H11N5O3. The van der Waals surface area contributed by atoms with Crippen LogP contribution in [0.5, 0.6) is 0 Å². The summed E-state index contributed by atoms with van der Waals surface area (Å²) in [5, 5.41) is 19.4. The summed E-state index contributed by atoms with van der Waals surface area (Å²) in [6.07, 6.45) is 1.52. The van der Waals surface area contributed by atoms with E-state index in [1.54, 1.807) is 12.1 Å². The molecule has 8 nitrogen and oxygen atoms in total. The maximum Gasteiger partial charge on any atom is 0.269 e. The summed E-state index contributed by atoms with van der Waals surface area (Å²) in [6.45, 7) is 0.270. The Kier molecular flexibility index (Phi) is 3.81. The SMILES string of the molecule is O=C(Cc1ccc([N+](=O)[O-])cc1)NCc1ncn[nH]1. The zero-order valence-corrected chi connectivity index (χ0v) is 9.87. The van der Waals surface area contributed by atoms with Gasteiger partial charge in [0.2, 0.25) is 5.91 Å². The third-order valence-corrected chi connectivity index (χ3v) is 2.43. The standard InChI is InChI=1S/C11H11N5O3/c17-11(12-6-10-13-7-14-15-10)5-8-1-3-9(4-2-8)16(18)19/h1-4,7H,5-6H2,(H,12,17)(H,13,14,15). The normalized spacial score (nSPS) is 10.1. The van der Waals surface area contributed by atoms with Gasteiger partial charge >= 0.3 is 0 Å². The van der Waals surface area contributed by atoms with Gasteiger partial charge in [-0.15, -0.1) is 0 Å². The van der Waals surface area contributed by atoms with Gasteiger partial charge < -0.3 is 5.32 Å². The van der Waals surface area contributed by atoms with E-state index >= 15 is 0 Å². The summed E-state index contributed by atoms with van der Waals surface area (Å²) in [7, 11) is 0. The molecular weight excluding hydrogens is 250 g/mol. The second-order valence-corrected chi connectivity index (χ2v) is 3.81. The molecule has 0 unspecified atom stereocenters. The number of hydrogen-bond donors (Lipinski definition) is 2. The van der Waals surface area contributed by atoms with Crippen LogP contribution in [0.1, 0.15) is 11.4 Å². The zero-order valence-electron chi connectivity index (χ0n) is 9.87. The number of non-ortho nitro benzene ring substituents is 1. The number of nitro benzene ring substituents is 1. The van der Waals surface area contributed by atoms with E-state index < -0.39 is 4.92 Å². The van der Waals surface area contributed by atoms with Gasteiger partial charge in [0, 0.05) is 12.1 Å². The highest BCUT2D eigenvalue weighted by Crippen LogP contribution is 2.12. The maximum atomic E-state index is 11.6. The van der Waals surface area contributed by atoms with Crippen molar-refractivity contribution in [3.8, 4) is 0 Å². The highest BCUT2D eigenvalue weighted by atomic mass is 16.6. The van der Waals surface area contributed by atoms with Crippen LogP contribution in [0, 0.1) is 10.1 Å². The average molecular weight is 261 g/mol. The lowest BCUT2D eigenvalue weighted by atomic mass is 10.1. The van der Waals surface area contributed by atoms with Crippen molar-refractivity contribution in [3.05, 3.63) is 52.1 Å². The van der Waals surface area contributed by atoms with E-state index in [1.807, 2.05) is 0 Å². The molecule has 2 aromatic rings. The minimum absolute atomic E-state index is 0.00539. The maximum absolute atomic E-state index is 11.6. The van der Waals surface area contributed by atoms with E-state index in [2.05, 4.69) is 20.5 Å². The first-order valence-electron chi connectivity index (χ1n) is 5.49. The quantitative estimate of drug-likeness (QED) is 0.603. The van der Waals surface area contributed by atoms with Gasteiger partial charge in [-0.2, -0.15) is 5.10 Å². The number of aromatic nitrogens is 3. The van der Waals surface area contributed by atoms with Gasteiger partial charge in [-0.05, 0) is 5.56 Å². The molecule has 1 aromatic heterocycles. The Balaban J connectivity index is 1.86. The highest BCUT2D eigenvalue weighted by molar-refractivity contribution is 5.78. The summed E-state index contributed by atoms with van der Waals surface area (Å²) in [4.78, 5) is 25.5. The Morgan fingerprint density at radius 2 is 2.11 bits per heavy atom. The van der Waals surface area contributed by atoms with Crippen molar-refractivity contribution < 1.29 is 9.72 Å². The van der Waals surface area contributed by atoms with Crippen molar-refractivity contribution in [3.63, 3.8) is 0 Å². The molecule has 0 spiro atoms. The first-order chi connectivity index (χ1) is 9.15. The second-order valence-electron chi connectivity index (χ2n) is 3.81. The minimum atomic E-state index is -0.478. The van der Waals surface area contributed by atoms with Gasteiger partial charge in [0.05, 0.1) is 17.9 Å². The number of amides is 1. The average Bonchev–Trinajstić information content (AvgIpc) is 2.90. The lowest BCUT2D eigenvalue weighted by Gasteiger charge is -2.03. The van der Waals surface area contributed by atoms with Crippen LogP contribution < -0.4 is 5.32 Å². The summed E-state index contributed by atoms with van der Waals surface area (Å²) in [5.74, 6) is 0.377. The highest BCUT2D eigenvalue weighted by Gasteiger charge is 2.07. The van der Waals surface area contributed by atoms with Crippen LogP contribution in [0.3, 0.4) is 0 Å². The summed E-state index contributed by atoms with van der Waals surface area (Å²) in [6, 6.07) is 5.87. The molecule has 0 radical (unpaired) electrons. The van der Waals surface area contributed by atoms with E-state index in [0.717, 1.165) is 0 Å². The third kappa shape index (κ3) is 3.60. The number of aromatic amines is 1. The number of nitrogens with zero attached hydrogens (tertiary/aromatic N) is 3. The summed E-state index contributed by atoms with van der Waals surface area (Å²) in [5.41, 5.74) is 0.714. The molecule has 1 amide bonds. The Hall–Kier alpha value is -2.77. The van der Waals surface area contributed by atoms with E-state index in [0.29, 0.717) is 11.4 Å². The Morgan fingerprint density at radius 1 is 1.37 bits per heavy atom. The zero-order chi connectivity index (χ0) is 13.7. The van der Waals surface area contributed by atoms with Gasteiger partial charge in [0.25, 0.3) is 5.69 Å². The predicted molar refractivity (Wildman–Crippen MR) is 65.0 cm³/mol. The molecule has 2 N–H and O–H groups in total. The summed E-state index contributed by atoms with van der Waals surface area (Å²) < 4.78 is 0. The fourth-order valence-corrected chi connectivity index (χ4v) is 1.48. The lowest BCUT2D eigenvalue weighted by Crippen LogP contribution is -2.25. The van der Waals surface area contributed by atoms with Crippen LogP contribution in [0.25, 0.3) is 0 Å². The van der Waals surface area contributed by atoms with Crippen LogP contribution in [0.15, 0.2) is 30.6 Å². The second kappa shape index (κ2) is 5.71. The van der Waals surface area contributed by atoms with Crippen molar-refractivity contribution in [1.29, 1.82) is 0 Å². The summed E-state index contributed by atoms with van der Waals surface area (Å²) >= 11 is 0. The van der Waals surface area contributed by atoms with Crippen molar-refractivity contribution in [2.45, 2.75) is 13.0 Å². The van der Waals surface area contributed by atoms with Crippen LogP contribution in [0.4, 0.5) is 5.69 Å². The number of nitrogens with one attached hydrogen (secondary N) is 2. The van der Waals surface area contributed by atoms with E-state index in [4.69, 9.17) is 0 Å². The predicted octanol–water partition coefficient (Wildman–Crippen LogP) is 0.572. The molecule has 0 saturated heterocycles. The fraction of sp³-hybridized carbons (Fsp3) is 0.182. The monoisotopic (exact) mass is 261 g/mol. The number of carbonyl (C=O) groups is 1. The molecule has 0 aliphatic carbocycles. The van der Waals surface area contributed by atoms with E-state index in [1.165, 1.54) is 18.5 Å². The largest absolute Gasteiger partial charge is 0.349 e. The molecule has 19 heavy (non-hydrogen) atoms. The van der Waals surface area contributed by atoms with Crippen molar-refractivity contribution >= 4 is 11.6 Å². The smallest absolute Gasteiger partial charge is 0.269 e. The molecule has 0 aliphatic rings. The molecule has 0 fully saturated rings. The molecule has 0 atom stereocenters. The topological polar surface area (TPSA) is 114 Å². The van der Waals surface area contributed by atoms with Crippen LogP contribution >= 0.6 is 0 Å². The molecule has 1 aromatic carbocycles. The molecule has 8 heteroatoms. The number of H-pyrrole nitrogens is 1. The number of hydrogen-bond acceptors (Lipinski definition) is 5. The third-order valence-electron chi connectivity index (χ3n) is 2.43. The van der Waals surface area contributed by atoms with Gasteiger partial charge in [-0.25, -0.2) is 4.98 Å². The van der Waals surface area contributed by atoms with Crippen molar-refractivity contribution in [2.24, 2.45) is 0 Å². The lowest BCUT2D eigenvalue weighted by molar-refractivity contribution is -0.384. The number of benzene rings is 1. The molecule has 2 rings (SSSR count). The molecule has 0 bridgehead atoms. The molecule has 98 valence electrons. The fourth-order valence-electron chi connectivity index (χ4n) is 1.48. The number of rotatable bonds is 5. The van der Waals surface area contributed by atoms with Gasteiger partial charge in [0.15, 0.2) is 0 Å². The van der Waals surface area contributed by atoms with E-state index in [9.17, 15) is 14.9 Å². The molecule has 0 saturated carbocycles. The van der Waals surface area contributed by atoms with Crippen LogP contribution in [0.2, 0.25) is 0 Å². The molecule has 1 heterocycles. The van der Waals surface area contributed by atoms with Crippen molar-refractivity contribution in [1.82, 2.24) is 20.5 Å². The van der Waals surface area contributed by atoms with Gasteiger partial charge in [-0.3, -0.25) is 20.0 Å². The first-order valence-corrected chi connectivity index (χ1v) is 5.49. The Bertz CT molecular complexity index is 565. The van der Waals surface area contributed by atoms with Crippen LogP contribution in [-0.4, -0.2) is 26.0 Å². The Labute approximate surface area is 108 Å².